The summed E-state index contributed by atoms with van der Waals surface area (Å²) >= 11 is 0. The molecule has 0 aliphatic carbocycles. The number of anilines is 1. The fraction of sp³-hybridized carbons (Fsp3) is 0.360. The Morgan fingerprint density at radius 3 is 2.53 bits per heavy atom. The van der Waals surface area contributed by atoms with E-state index in [1.54, 1.807) is 29.3 Å². The molecule has 2 amide bonds. The van der Waals surface area contributed by atoms with Crippen LogP contribution in [0.2, 0.25) is 0 Å². The molecule has 1 aliphatic rings. The van der Waals surface area contributed by atoms with E-state index >= 15 is 0 Å². The lowest BCUT2D eigenvalue weighted by Gasteiger charge is -2.37. The van der Waals surface area contributed by atoms with Crippen molar-refractivity contribution < 1.29 is 14.3 Å². The summed E-state index contributed by atoms with van der Waals surface area (Å²) in [7, 11) is 3.89. The second-order valence-electron chi connectivity index (χ2n) is 9.44. The number of carbonyl (C=O) groups is 2. The predicted molar refractivity (Wildman–Crippen MR) is 128 cm³/mol. The molecule has 9 heteroatoms. The molecule has 0 bridgehead atoms. The highest BCUT2D eigenvalue weighted by atomic mass is 16.6. The number of H-pyrrole nitrogens is 1. The molecule has 34 heavy (non-hydrogen) atoms. The zero-order valence-electron chi connectivity index (χ0n) is 20.1. The van der Waals surface area contributed by atoms with Gasteiger partial charge in [0.2, 0.25) is 0 Å². The van der Waals surface area contributed by atoms with Gasteiger partial charge in [0.15, 0.2) is 5.82 Å². The fourth-order valence-corrected chi connectivity index (χ4v) is 4.41. The molecule has 3 heterocycles. The van der Waals surface area contributed by atoms with E-state index in [0.29, 0.717) is 12.4 Å². The first-order valence-corrected chi connectivity index (χ1v) is 11.1. The summed E-state index contributed by atoms with van der Waals surface area (Å²) in [5.41, 5.74) is 1.16. The maximum atomic E-state index is 13.5. The second kappa shape index (κ2) is 8.90. The van der Waals surface area contributed by atoms with Crippen molar-refractivity contribution in [2.45, 2.75) is 38.5 Å². The van der Waals surface area contributed by atoms with Gasteiger partial charge in [-0.05, 0) is 52.6 Å². The van der Waals surface area contributed by atoms with Gasteiger partial charge in [0, 0.05) is 18.3 Å². The number of aromatic nitrogens is 3. The zero-order chi connectivity index (χ0) is 24.5. The Hall–Kier alpha value is -3.72. The average molecular weight is 463 g/mol. The van der Waals surface area contributed by atoms with Crippen molar-refractivity contribution in [2.24, 2.45) is 0 Å². The summed E-state index contributed by atoms with van der Waals surface area (Å²) in [6.45, 7) is 6.54. The van der Waals surface area contributed by atoms with E-state index in [-0.39, 0.29) is 18.1 Å². The van der Waals surface area contributed by atoms with Gasteiger partial charge in [0.05, 0.1) is 17.8 Å². The minimum atomic E-state index is -0.845. The normalized spacial score (nSPS) is 16.1. The molecule has 9 nitrogen and oxygen atoms in total. The van der Waals surface area contributed by atoms with E-state index in [1.807, 2.05) is 70.1 Å². The van der Waals surface area contributed by atoms with E-state index in [0.717, 1.165) is 16.8 Å². The largest absolute Gasteiger partial charge is 0.437 e. The molecule has 1 aromatic carbocycles. The third kappa shape index (κ3) is 4.38. The predicted octanol–water partition coefficient (Wildman–Crippen LogP) is 3.72. The Bertz CT molecular complexity index is 1180. The number of benzene rings is 1. The first-order valence-electron chi connectivity index (χ1n) is 11.1. The van der Waals surface area contributed by atoms with Gasteiger partial charge in [-0.1, -0.05) is 36.4 Å². The Labute approximate surface area is 199 Å². The quantitative estimate of drug-likeness (QED) is 0.579. The standard InChI is InChI=1S/C25H30N6O3/c1-24(2)20-18(21(29-28-20)27-22(32)19-13-9-10-14-26-19)15-31(24)23(33)34-25(3,16-30(4)5)17-11-7-6-8-12-17/h6-14H,15-16H2,1-5H3,(H2,27,28,29,32)/t25-/m0/s1. The summed E-state index contributed by atoms with van der Waals surface area (Å²) in [5, 5.41) is 10.1. The van der Waals surface area contributed by atoms with Crippen LogP contribution in [0, 0.1) is 0 Å². The van der Waals surface area contributed by atoms with Gasteiger partial charge in [-0.2, -0.15) is 5.10 Å². The molecule has 0 radical (unpaired) electrons. The number of hydrogen-bond donors (Lipinski definition) is 2. The number of amides is 2. The van der Waals surface area contributed by atoms with Crippen molar-refractivity contribution in [3.05, 3.63) is 77.2 Å². The second-order valence-corrected chi connectivity index (χ2v) is 9.44. The highest BCUT2D eigenvalue weighted by molar-refractivity contribution is 6.02. The van der Waals surface area contributed by atoms with Crippen molar-refractivity contribution in [3.8, 4) is 0 Å². The van der Waals surface area contributed by atoms with Gasteiger partial charge in [-0.3, -0.25) is 19.8 Å². The van der Waals surface area contributed by atoms with E-state index in [2.05, 4.69) is 20.5 Å². The molecule has 0 saturated heterocycles. The lowest BCUT2D eigenvalue weighted by atomic mass is 9.95. The molecule has 2 N–H and O–H groups in total. The van der Waals surface area contributed by atoms with Gasteiger partial charge in [0.1, 0.15) is 11.3 Å². The van der Waals surface area contributed by atoms with Crippen molar-refractivity contribution in [2.75, 3.05) is 26.0 Å². The molecule has 0 unspecified atom stereocenters. The highest BCUT2D eigenvalue weighted by Gasteiger charge is 2.46. The van der Waals surface area contributed by atoms with Gasteiger partial charge < -0.3 is 15.0 Å². The van der Waals surface area contributed by atoms with Gasteiger partial charge >= 0.3 is 6.09 Å². The lowest BCUT2D eigenvalue weighted by Crippen LogP contribution is -2.47. The van der Waals surface area contributed by atoms with E-state index in [1.165, 1.54) is 0 Å². The number of aromatic amines is 1. The van der Waals surface area contributed by atoms with Crippen molar-refractivity contribution in [1.29, 1.82) is 0 Å². The van der Waals surface area contributed by atoms with Gasteiger partial charge in [-0.25, -0.2) is 4.79 Å². The molecule has 178 valence electrons. The van der Waals surface area contributed by atoms with E-state index in [9.17, 15) is 9.59 Å². The fourth-order valence-electron chi connectivity index (χ4n) is 4.41. The van der Waals surface area contributed by atoms with Crippen LogP contribution in [0.25, 0.3) is 0 Å². The number of rotatable bonds is 6. The monoisotopic (exact) mass is 462 g/mol. The molecule has 0 fully saturated rings. The first-order chi connectivity index (χ1) is 16.1. The van der Waals surface area contributed by atoms with Crippen LogP contribution in [0.15, 0.2) is 54.7 Å². The maximum Gasteiger partial charge on any atom is 0.411 e. The number of nitrogens with one attached hydrogen (secondary N) is 2. The number of hydrogen-bond acceptors (Lipinski definition) is 6. The Balaban J connectivity index is 1.56. The van der Waals surface area contributed by atoms with Crippen LogP contribution in [0.4, 0.5) is 10.6 Å². The molecule has 0 spiro atoms. The zero-order valence-corrected chi connectivity index (χ0v) is 20.1. The third-order valence-electron chi connectivity index (χ3n) is 6.13. The minimum Gasteiger partial charge on any atom is -0.437 e. The molecule has 0 saturated carbocycles. The van der Waals surface area contributed by atoms with Crippen molar-refractivity contribution >= 4 is 17.8 Å². The SMILES string of the molecule is CN(C)C[C@](C)(OC(=O)N1Cc2c(NC(=O)c3ccccn3)n[nH]c2C1(C)C)c1ccccc1. The van der Waals surface area contributed by atoms with Gasteiger partial charge in [0.25, 0.3) is 5.91 Å². The summed E-state index contributed by atoms with van der Waals surface area (Å²) in [4.78, 5) is 33.8. The number of nitrogens with zero attached hydrogens (tertiary/aromatic N) is 4. The van der Waals surface area contributed by atoms with Crippen molar-refractivity contribution in [3.63, 3.8) is 0 Å². The van der Waals surface area contributed by atoms with Crippen LogP contribution in [-0.4, -0.2) is 57.6 Å². The average Bonchev–Trinajstić information content (AvgIpc) is 3.32. The number of ether oxygens (including phenoxy) is 1. The van der Waals surface area contributed by atoms with E-state index < -0.39 is 17.2 Å². The van der Waals surface area contributed by atoms with Crippen LogP contribution in [0.3, 0.4) is 0 Å². The number of fused-ring (bicyclic) bond motifs is 1. The van der Waals surface area contributed by atoms with Crippen molar-refractivity contribution in [1.82, 2.24) is 25.0 Å². The maximum absolute atomic E-state index is 13.5. The van der Waals surface area contributed by atoms with E-state index in [4.69, 9.17) is 4.74 Å². The number of likely N-dealkylation sites (N-methyl/N-ethyl adjacent to an activating group) is 1. The smallest absolute Gasteiger partial charge is 0.411 e. The summed E-state index contributed by atoms with van der Waals surface area (Å²) in [6.07, 6.45) is 1.12. The lowest BCUT2D eigenvalue weighted by molar-refractivity contribution is -0.0299. The van der Waals surface area contributed by atoms with Gasteiger partial charge in [-0.15, -0.1) is 0 Å². The number of pyridine rings is 1. The summed E-state index contributed by atoms with van der Waals surface area (Å²) < 4.78 is 6.16. The molecule has 2 aromatic heterocycles. The minimum absolute atomic E-state index is 0.252. The Kier molecular flexibility index (Phi) is 6.14. The van der Waals surface area contributed by atoms with Crippen LogP contribution < -0.4 is 5.32 Å². The molecule has 3 aromatic rings. The Morgan fingerprint density at radius 2 is 1.88 bits per heavy atom. The molecular weight excluding hydrogens is 432 g/mol. The third-order valence-corrected chi connectivity index (χ3v) is 6.13. The highest BCUT2D eigenvalue weighted by Crippen LogP contribution is 2.42. The molecular formula is C25H30N6O3. The summed E-state index contributed by atoms with van der Waals surface area (Å²) in [6, 6.07) is 14.8. The molecule has 1 aliphatic heterocycles. The molecule has 1 atom stereocenters. The summed E-state index contributed by atoms with van der Waals surface area (Å²) in [5.74, 6) is 0.0181. The topological polar surface area (TPSA) is 103 Å². The molecule has 4 rings (SSSR count). The Morgan fingerprint density at radius 1 is 1.18 bits per heavy atom. The van der Waals surface area contributed by atoms with Crippen LogP contribution in [0.1, 0.15) is 48.1 Å². The number of carbonyl (C=O) groups excluding carboxylic acids is 2. The van der Waals surface area contributed by atoms with Crippen LogP contribution in [0.5, 0.6) is 0 Å². The first kappa shape index (κ1) is 23.4. The van der Waals surface area contributed by atoms with Crippen LogP contribution in [-0.2, 0) is 22.4 Å². The van der Waals surface area contributed by atoms with Crippen LogP contribution >= 0.6 is 0 Å².